The molecule has 4 nitrogen and oxygen atoms in total. The molecule has 0 unspecified atom stereocenters. The molecule has 0 fully saturated rings. The van der Waals surface area contributed by atoms with E-state index in [4.69, 9.17) is 33.6 Å². The van der Waals surface area contributed by atoms with Crippen LogP contribution in [-0.2, 0) is 16.5 Å². The SMILES string of the molecule is COc1ccc(C#N)c(OC)c1.N.[Cl][Pt][Cl]. The predicted octanol–water partition coefficient (Wildman–Crippen LogP) is 3.11. The Hall–Kier alpha value is -0.462. The van der Waals surface area contributed by atoms with Crippen LogP contribution in [0, 0.1) is 11.3 Å². The van der Waals surface area contributed by atoms with Gasteiger partial charge in [-0.1, -0.05) is 0 Å². The van der Waals surface area contributed by atoms with Gasteiger partial charge in [-0.15, -0.1) is 0 Å². The minimum atomic E-state index is -0.472. The first-order valence-corrected chi connectivity index (χ1v) is 9.31. The molecule has 0 atom stereocenters. The van der Waals surface area contributed by atoms with Gasteiger partial charge in [0.05, 0.1) is 19.8 Å². The fourth-order valence-electron chi connectivity index (χ4n) is 0.891. The van der Waals surface area contributed by atoms with Crippen molar-refractivity contribution in [2.45, 2.75) is 0 Å². The Bertz CT molecular complexity index is 345. The third kappa shape index (κ3) is 6.19. The van der Waals surface area contributed by atoms with Gasteiger partial charge in [-0.2, -0.15) is 5.26 Å². The average Bonchev–Trinajstić information content (AvgIpc) is 2.29. The molecule has 0 aliphatic rings. The van der Waals surface area contributed by atoms with E-state index in [9.17, 15) is 0 Å². The van der Waals surface area contributed by atoms with Gasteiger partial charge >= 0.3 is 35.3 Å². The number of hydrogen-bond acceptors (Lipinski definition) is 4. The molecule has 1 aromatic carbocycles. The summed E-state index contributed by atoms with van der Waals surface area (Å²) in [5, 5.41) is 8.64. The van der Waals surface area contributed by atoms with Gasteiger partial charge in [0.25, 0.3) is 0 Å². The van der Waals surface area contributed by atoms with Gasteiger partial charge in [-0.25, -0.2) is 0 Å². The summed E-state index contributed by atoms with van der Waals surface area (Å²) in [6, 6.07) is 7.08. The van der Waals surface area contributed by atoms with E-state index < -0.39 is 16.5 Å². The molecule has 0 aromatic heterocycles. The summed E-state index contributed by atoms with van der Waals surface area (Å²) in [4.78, 5) is 0. The molecule has 94 valence electrons. The van der Waals surface area contributed by atoms with Crippen molar-refractivity contribution < 1.29 is 26.0 Å². The van der Waals surface area contributed by atoms with Crippen molar-refractivity contribution in [1.82, 2.24) is 6.15 Å². The number of rotatable bonds is 2. The standard InChI is InChI=1S/C9H9NO2.2ClH.H3N.Pt/c1-11-8-4-3-7(6-10)9(5-8)12-2;;;;/h3-5H,1-2H3;2*1H;1H3;/q;;;;+2/p-2. The van der Waals surface area contributed by atoms with Crippen LogP contribution in [-0.4, -0.2) is 14.2 Å². The minimum absolute atomic E-state index is 0. The number of benzene rings is 1. The van der Waals surface area contributed by atoms with E-state index in [0.717, 1.165) is 0 Å². The van der Waals surface area contributed by atoms with Gasteiger partial charge < -0.3 is 15.6 Å². The third-order valence-corrected chi connectivity index (χ3v) is 1.53. The summed E-state index contributed by atoms with van der Waals surface area (Å²) >= 11 is -0.472. The van der Waals surface area contributed by atoms with Crippen LogP contribution in [0.2, 0.25) is 0 Å². The molecule has 0 amide bonds. The van der Waals surface area contributed by atoms with Gasteiger partial charge in [0.1, 0.15) is 17.6 Å². The third-order valence-electron chi connectivity index (χ3n) is 1.53. The van der Waals surface area contributed by atoms with Crippen molar-refractivity contribution in [3.05, 3.63) is 23.8 Å². The summed E-state index contributed by atoms with van der Waals surface area (Å²) in [5.74, 6) is 1.22. The van der Waals surface area contributed by atoms with E-state index in [0.29, 0.717) is 17.1 Å². The van der Waals surface area contributed by atoms with Crippen molar-refractivity contribution in [1.29, 1.82) is 5.26 Å². The monoisotopic (exact) mass is 445 g/mol. The molecule has 1 rings (SSSR count). The van der Waals surface area contributed by atoms with Crippen LogP contribution < -0.4 is 15.6 Å². The van der Waals surface area contributed by atoms with Gasteiger partial charge in [0.2, 0.25) is 0 Å². The van der Waals surface area contributed by atoms with E-state index in [1.54, 1.807) is 25.3 Å². The van der Waals surface area contributed by atoms with Crippen LogP contribution in [0.4, 0.5) is 0 Å². The Kier molecular flexibility index (Phi) is 12.4. The van der Waals surface area contributed by atoms with Crippen LogP contribution in [0.5, 0.6) is 11.5 Å². The Labute approximate surface area is 111 Å². The zero-order valence-corrected chi connectivity index (χ0v) is 12.6. The molecule has 0 aliphatic carbocycles. The Balaban J connectivity index is 0. The average molecular weight is 446 g/mol. The van der Waals surface area contributed by atoms with E-state index >= 15 is 0 Å². The van der Waals surface area contributed by atoms with Crippen LogP contribution in [0.3, 0.4) is 0 Å². The number of hydrogen-bond donors (Lipinski definition) is 1. The van der Waals surface area contributed by atoms with Crippen molar-refractivity contribution in [2.75, 3.05) is 14.2 Å². The molecule has 1 aromatic rings. The first kappa shape index (κ1) is 17.9. The summed E-state index contributed by atoms with van der Waals surface area (Å²) in [7, 11) is 12.8. The van der Waals surface area contributed by atoms with Crippen LogP contribution >= 0.6 is 18.8 Å². The van der Waals surface area contributed by atoms with Gasteiger partial charge in [0.15, 0.2) is 0 Å². The Morgan fingerprint density at radius 2 is 1.81 bits per heavy atom. The second-order valence-corrected chi connectivity index (χ2v) is 5.51. The number of nitrogens with zero attached hydrogens (tertiary/aromatic N) is 1. The molecule has 16 heavy (non-hydrogen) atoms. The first-order chi connectivity index (χ1) is 7.23. The number of halogens is 2. The fraction of sp³-hybridized carbons (Fsp3) is 0.222. The quantitative estimate of drug-likeness (QED) is 0.758. The second kappa shape index (κ2) is 11.0. The molecular weight excluding hydrogens is 434 g/mol. The van der Waals surface area contributed by atoms with E-state index in [2.05, 4.69) is 0 Å². The Morgan fingerprint density at radius 1 is 1.25 bits per heavy atom. The number of ether oxygens (including phenoxy) is 2. The van der Waals surface area contributed by atoms with Crippen molar-refractivity contribution >= 4 is 18.8 Å². The maximum atomic E-state index is 8.64. The number of methoxy groups -OCH3 is 2. The van der Waals surface area contributed by atoms with Crippen molar-refractivity contribution in [2.24, 2.45) is 0 Å². The van der Waals surface area contributed by atoms with Crippen LogP contribution in [0.1, 0.15) is 5.56 Å². The van der Waals surface area contributed by atoms with Crippen molar-refractivity contribution in [3.63, 3.8) is 0 Å². The Morgan fingerprint density at radius 3 is 2.19 bits per heavy atom. The molecule has 0 aliphatic heterocycles. The maximum absolute atomic E-state index is 8.64. The van der Waals surface area contributed by atoms with Crippen LogP contribution in [0.25, 0.3) is 0 Å². The first-order valence-electron chi connectivity index (χ1n) is 3.68. The molecule has 0 spiro atoms. The molecule has 0 bridgehead atoms. The van der Waals surface area contributed by atoms with E-state index in [1.165, 1.54) is 7.11 Å². The molecule has 3 N–H and O–H groups in total. The predicted molar refractivity (Wildman–Crippen MR) is 61.0 cm³/mol. The zero-order chi connectivity index (χ0) is 11.7. The van der Waals surface area contributed by atoms with Crippen LogP contribution in [0.15, 0.2) is 18.2 Å². The summed E-state index contributed by atoms with van der Waals surface area (Å²) in [6.07, 6.45) is 0. The van der Waals surface area contributed by atoms with Gasteiger partial charge in [-0.3, -0.25) is 0 Å². The van der Waals surface area contributed by atoms with Crippen molar-refractivity contribution in [3.8, 4) is 17.6 Å². The summed E-state index contributed by atoms with van der Waals surface area (Å²) in [6.45, 7) is 0. The normalized spacial score (nSPS) is 7.94. The molecule has 0 saturated heterocycles. The van der Waals surface area contributed by atoms with Gasteiger partial charge in [0, 0.05) is 6.07 Å². The topological polar surface area (TPSA) is 77.2 Å². The summed E-state index contributed by atoms with van der Waals surface area (Å²) in [5.41, 5.74) is 0.512. The molecular formula is C9H12Cl2N2O2Pt. The molecule has 0 heterocycles. The molecule has 7 heteroatoms. The zero-order valence-electron chi connectivity index (χ0n) is 8.78. The fourth-order valence-corrected chi connectivity index (χ4v) is 0.891. The van der Waals surface area contributed by atoms with E-state index in [1.807, 2.05) is 6.07 Å². The number of nitriles is 1. The van der Waals surface area contributed by atoms with Gasteiger partial charge in [-0.05, 0) is 12.1 Å². The second-order valence-electron chi connectivity index (χ2n) is 2.22. The van der Waals surface area contributed by atoms with E-state index in [-0.39, 0.29) is 6.15 Å². The molecule has 0 saturated carbocycles. The molecule has 0 radical (unpaired) electrons. The summed E-state index contributed by atoms with van der Waals surface area (Å²) < 4.78 is 9.94.